The fraction of sp³-hybridized carbons (Fsp3) is 0.525. The highest BCUT2D eigenvalue weighted by molar-refractivity contribution is 8.00. The smallest absolute Gasteiger partial charge is 0.234 e. The molecule has 3 aromatic rings. The maximum absolute atomic E-state index is 12.8. The molecule has 54 heavy (non-hydrogen) atoms. The summed E-state index contributed by atoms with van der Waals surface area (Å²) < 4.78 is 33.5. The molecule has 4 unspecified atom stereocenters. The molecule has 3 aliphatic rings. The van der Waals surface area contributed by atoms with Crippen LogP contribution in [0.1, 0.15) is 53.6 Å². The SMILES string of the molecule is COc1ccc(NC(=O)CSCC(O)CN2CCc3cc(OC)c(OC)cc3C2CC2CCN3CCc4cc(OC)c(OC)cc4C3C2)cc1OC.Cl.Cl. The molecule has 0 aliphatic carbocycles. The van der Waals surface area contributed by atoms with Gasteiger partial charge in [0.25, 0.3) is 0 Å². The molecule has 1 amide bonds. The van der Waals surface area contributed by atoms with Crippen LogP contribution in [-0.4, -0.2) is 107 Å². The first kappa shape index (κ1) is 43.5. The molecule has 4 atom stereocenters. The summed E-state index contributed by atoms with van der Waals surface area (Å²) in [4.78, 5) is 17.8. The van der Waals surface area contributed by atoms with E-state index in [4.69, 9.17) is 28.4 Å². The highest BCUT2D eigenvalue weighted by atomic mass is 35.5. The number of hydrogen-bond donors (Lipinski definition) is 2. The Labute approximate surface area is 336 Å². The molecule has 0 saturated carbocycles. The van der Waals surface area contributed by atoms with Gasteiger partial charge in [0.1, 0.15) is 0 Å². The van der Waals surface area contributed by atoms with Crippen molar-refractivity contribution in [2.45, 2.75) is 50.3 Å². The molecule has 3 aromatic carbocycles. The molecule has 1 saturated heterocycles. The van der Waals surface area contributed by atoms with Gasteiger partial charge in [-0.1, -0.05) is 0 Å². The van der Waals surface area contributed by atoms with E-state index in [-0.39, 0.29) is 42.5 Å². The van der Waals surface area contributed by atoms with Crippen LogP contribution < -0.4 is 33.7 Å². The molecule has 1 fully saturated rings. The van der Waals surface area contributed by atoms with Gasteiger partial charge in [0.15, 0.2) is 34.5 Å². The maximum Gasteiger partial charge on any atom is 0.234 e. The summed E-state index contributed by atoms with van der Waals surface area (Å²) in [6.45, 7) is 3.45. The number of aliphatic hydroxyl groups excluding tert-OH is 1. The Morgan fingerprint density at radius 2 is 1.35 bits per heavy atom. The minimum Gasteiger partial charge on any atom is -0.493 e. The Kier molecular flexibility index (Phi) is 16.2. The Bertz CT molecular complexity index is 1720. The van der Waals surface area contributed by atoms with E-state index >= 15 is 0 Å². The highest BCUT2D eigenvalue weighted by Crippen LogP contribution is 2.47. The van der Waals surface area contributed by atoms with Gasteiger partial charge in [-0.2, -0.15) is 0 Å². The highest BCUT2D eigenvalue weighted by Gasteiger charge is 2.38. The molecule has 3 heterocycles. The molecule has 0 aromatic heterocycles. The normalized spacial score (nSPS) is 19.7. The summed E-state index contributed by atoms with van der Waals surface area (Å²) in [5, 5.41) is 14.3. The van der Waals surface area contributed by atoms with Crippen LogP contribution in [-0.2, 0) is 17.6 Å². The average molecular weight is 809 g/mol. The quantitative estimate of drug-likeness (QED) is 0.173. The molecule has 0 bridgehead atoms. The predicted octanol–water partition coefficient (Wildman–Crippen LogP) is 6.61. The summed E-state index contributed by atoms with van der Waals surface area (Å²) >= 11 is 1.43. The number of thioether (sulfide) groups is 1. The van der Waals surface area contributed by atoms with E-state index in [1.165, 1.54) is 34.0 Å². The fourth-order valence-electron chi connectivity index (χ4n) is 8.23. The number of piperidine rings is 1. The van der Waals surface area contributed by atoms with Crippen molar-refractivity contribution in [2.24, 2.45) is 5.92 Å². The number of rotatable bonds is 15. The van der Waals surface area contributed by atoms with E-state index in [2.05, 4.69) is 39.4 Å². The topological polar surface area (TPSA) is 111 Å². The Hall–Kier alpha value is -3.26. The molecule has 3 aliphatic heterocycles. The van der Waals surface area contributed by atoms with Crippen LogP contribution in [0.15, 0.2) is 42.5 Å². The summed E-state index contributed by atoms with van der Waals surface area (Å²) in [5.41, 5.74) is 5.84. The van der Waals surface area contributed by atoms with Crippen molar-refractivity contribution < 1.29 is 38.3 Å². The van der Waals surface area contributed by atoms with Gasteiger partial charge in [0.05, 0.1) is 54.5 Å². The van der Waals surface area contributed by atoms with Gasteiger partial charge in [0.2, 0.25) is 5.91 Å². The Morgan fingerprint density at radius 1 is 0.778 bits per heavy atom. The minimum atomic E-state index is -0.599. The molecular weight excluding hydrogens is 753 g/mol. The van der Waals surface area contributed by atoms with E-state index in [9.17, 15) is 9.90 Å². The van der Waals surface area contributed by atoms with Crippen molar-refractivity contribution in [3.8, 4) is 34.5 Å². The monoisotopic (exact) mass is 807 g/mol. The van der Waals surface area contributed by atoms with Gasteiger partial charge < -0.3 is 38.8 Å². The lowest BCUT2D eigenvalue weighted by molar-refractivity contribution is -0.113. The van der Waals surface area contributed by atoms with Crippen LogP contribution in [0.4, 0.5) is 5.69 Å². The number of carbonyl (C=O) groups excluding carboxylic acids is 1. The van der Waals surface area contributed by atoms with Crippen LogP contribution in [0.3, 0.4) is 0 Å². The lowest BCUT2D eigenvalue weighted by Crippen LogP contribution is -2.44. The van der Waals surface area contributed by atoms with Crippen LogP contribution in [0.2, 0.25) is 0 Å². The summed E-state index contributed by atoms with van der Waals surface area (Å²) in [6.07, 6.45) is 4.43. The first-order chi connectivity index (χ1) is 25.3. The standard InChI is InChI=1S/C40H53N3O8S.2ClH/c1-46-34-8-7-28(19-37(34)49-4)41-40(45)24-52-23-29(44)22-43-14-11-27-18-36(48-3)39(51-6)21-31(27)33(43)16-25-9-12-42-13-10-26-17-35(47-2)38(50-5)20-30(26)32(42)15-25;;/h7-8,17-21,25,29,32-33,44H,9-16,22-24H2,1-6H3,(H,41,45);2*1H. The Morgan fingerprint density at radius 3 is 2.00 bits per heavy atom. The third-order valence-electron chi connectivity index (χ3n) is 10.8. The van der Waals surface area contributed by atoms with Crippen molar-refractivity contribution in [1.82, 2.24) is 9.80 Å². The first-order valence-corrected chi connectivity index (χ1v) is 19.2. The van der Waals surface area contributed by atoms with Crippen molar-refractivity contribution in [3.05, 3.63) is 64.7 Å². The molecule has 14 heteroatoms. The zero-order valence-electron chi connectivity index (χ0n) is 32.1. The Balaban J connectivity index is 0.00000325. The average Bonchev–Trinajstić information content (AvgIpc) is 3.17. The number of anilines is 1. The van der Waals surface area contributed by atoms with Gasteiger partial charge in [-0.05, 0) is 103 Å². The number of β-amino-alcohol motifs (C(OH)–C–C–N with tert-alkyl or cyclic N) is 1. The fourth-order valence-corrected chi connectivity index (χ4v) is 8.99. The van der Waals surface area contributed by atoms with E-state index in [0.29, 0.717) is 41.4 Å². The number of halogens is 2. The lowest BCUT2D eigenvalue weighted by Gasteiger charge is -2.46. The summed E-state index contributed by atoms with van der Waals surface area (Å²) in [5.74, 6) is 5.21. The lowest BCUT2D eigenvalue weighted by atomic mass is 9.77. The molecule has 0 spiro atoms. The number of benzene rings is 3. The van der Waals surface area contributed by atoms with Gasteiger partial charge in [-0.15, -0.1) is 36.6 Å². The molecule has 2 N–H and O–H groups in total. The second-order valence-electron chi connectivity index (χ2n) is 13.8. The zero-order chi connectivity index (χ0) is 36.8. The number of hydrogen-bond acceptors (Lipinski definition) is 11. The molecule has 11 nitrogen and oxygen atoms in total. The number of methoxy groups -OCH3 is 6. The van der Waals surface area contributed by atoms with Gasteiger partial charge >= 0.3 is 0 Å². The van der Waals surface area contributed by atoms with Crippen LogP contribution in [0.5, 0.6) is 34.5 Å². The summed E-state index contributed by atoms with van der Waals surface area (Å²) in [6, 6.07) is 14.3. The largest absolute Gasteiger partial charge is 0.493 e. The van der Waals surface area contributed by atoms with Gasteiger partial charge in [-0.3, -0.25) is 14.6 Å². The number of ether oxygens (including phenoxy) is 6. The first-order valence-electron chi connectivity index (χ1n) is 18.0. The number of amides is 1. The van der Waals surface area contributed by atoms with Gasteiger partial charge in [-0.25, -0.2) is 0 Å². The van der Waals surface area contributed by atoms with Crippen molar-refractivity contribution >= 4 is 48.2 Å². The predicted molar refractivity (Wildman–Crippen MR) is 218 cm³/mol. The van der Waals surface area contributed by atoms with Crippen molar-refractivity contribution in [3.63, 3.8) is 0 Å². The molecule has 6 rings (SSSR count). The maximum atomic E-state index is 12.8. The zero-order valence-corrected chi connectivity index (χ0v) is 34.5. The number of nitrogens with zero attached hydrogens (tertiary/aromatic N) is 2. The van der Waals surface area contributed by atoms with Crippen molar-refractivity contribution in [1.29, 1.82) is 0 Å². The number of aliphatic hydroxyl groups is 1. The van der Waals surface area contributed by atoms with Gasteiger partial charge in [0, 0.05) is 49.2 Å². The molecule has 298 valence electrons. The van der Waals surface area contributed by atoms with Crippen LogP contribution >= 0.6 is 36.6 Å². The van der Waals surface area contributed by atoms with E-state index < -0.39 is 6.10 Å². The third kappa shape index (κ3) is 9.75. The van der Waals surface area contributed by atoms with E-state index in [0.717, 1.165) is 74.7 Å². The number of fused-ring (bicyclic) bond motifs is 4. The van der Waals surface area contributed by atoms with Crippen LogP contribution in [0, 0.1) is 5.92 Å². The molecule has 0 radical (unpaired) electrons. The van der Waals surface area contributed by atoms with Crippen molar-refractivity contribution in [2.75, 3.05) is 85.7 Å². The van der Waals surface area contributed by atoms with E-state index in [1.54, 1.807) is 60.9 Å². The second-order valence-corrected chi connectivity index (χ2v) is 14.8. The summed E-state index contributed by atoms with van der Waals surface area (Å²) in [7, 11) is 9.90. The minimum absolute atomic E-state index is 0. The van der Waals surface area contributed by atoms with E-state index in [1.807, 2.05) is 0 Å². The number of carbonyl (C=O) groups is 1. The molecular formula is C40H55Cl2N3O8S. The third-order valence-corrected chi connectivity index (χ3v) is 11.9. The van der Waals surface area contributed by atoms with Crippen LogP contribution in [0.25, 0.3) is 0 Å². The number of nitrogens with one attached hydrogen (secondary N) is 1. The second kappa shape index (κ2) is 20.1.